The molecule has 45 heavy (non-hydrogen) atoms. The first-order valence-corrected chi connectivity index (χ1v) is 16.0. The van der Waals surface area contributed by atoms with Crippen LogP contribution in [0.2, 0.25) is 0 Å². The number of aromatic nitrogens is 5. The maximum Gasteiger partial charge on any atom is 0.291 e. The Balaban J connectivity index is 1.31. The van der Waals surface area contributed by atoms with E-state index in [0.717, 1.165) is 51.6 Å². The van der Waals surface area contributed by atoms with Crippen LogP contribution in [0.25, 0.3) is 39.4 Å². The first kappa shape index (κ1) is 30.0. The number of benzene rings is 3. The molecule has 3 aromatic carbocycles. The van der Waals surface area contributed by atoms with Crippen LogP contribution in [0, 0.1) is 6.92 Å². The van der Waals surface area contributed by atoms with Gasteiger partial charge in [-0.25, -0.2) is 4.68 Å². The van der Waals surface area contributed by atoms with Crippen molar-refractivity contribution in [1.82, 2.24) is 24.4 Å². The molecule has 0 aliphatic rings. The largest absolute Gasteiger partial charge is 0.494 e. The molecule has 0 atom stereocenters. The molecule has 0 bridgehead atoms. The molecule has 3 aromatic heterocycles. The topological polar surface area (TPSA) is 83.5 Å². The number of ether oxygens (including phenoxy) is 2. The lowest BCUT2D eigenvalue weighted by atomic mass is 10.0. The monoisotopic (exact) mass is 617 g/mol. The van der Waals surface area contributed by atoms with E-state index in [1.807, 2.05) is 96.7 Å². The molecule has 0 saturated carbocycles. The van der Waals surface area contributed by atoms with Gasteiger partial charge in [-0.05, 0) is 79.6 Å². The Morgan fingerprint density at radius 1 is 0.933 bits per heavy atom. The summed E-state index contributed by atoms with van der Waals surface area (Å²) in [5, 5.41) is 9.48. The molecular weight excluding hydrogens is 582 g/mol. The number of rotatable bonds is 13. The van der Waals surface area contributed by atoms with Gasteiger partial charge in [0.1, 0.15) is 23.8 Å². The van der Waals surface area contributed by atoms with Gasteiger partial charge in [-0.2, -0.15) is 14.6 Å². The predicted octanol–water partition coefficient (Wildman–Crippen LogP) is 7.05. The number of para-hydroxylation sites is 1. The number of hydrogen-bond donors (Lipinski definition) is 0. The summed E-state index contributed by atoms with van der Waals surface area (Å²) in [5.74, 6) is 2.12. The Labute approximate surface area is 265 Å². The zero-order valence-corrected chi connectivity index (χ0v) is 26.3. The van der Waals surface area contributed by atoms with Crippen LogP contribution in [0.3, 0.4) is 0 Å². The van der Waals surface area contributed by atoms with Crippen molar-refractivity contribution in [2.45, 2.75) is 39.5 Å². The van der Waals surface area contributed by atoms with Crippen LogP contribution in [0.5, 0.6) is 11.5 Å². The summed E-state index contributed by atoms with van der Waals surface area (Å²) in [6.45, 7) is 9.07. The summed E-state index contributed by atoms with van der Waals surface area (Å²) in [4.78, 5) is 18.7. The number of hydrogen-bond acceptors (Lipinski definition) is 7. The molecule has 0 fully saturated rings. The van der Waals surface area contributed by atoms with Crippen molar-refractivity contribution in [2.24, 2.45) is 0 Å². The number of thiazole rings is 1. The lowest BCUT2D eigenvalue weighted by molar-refractivity contribution is 0.305. The maximum atomic E-state index is 13.5. The predicted molar refractivity (Wildman–Crippen MR) is 180 cm³/mol. The summed E-state index contributed by atoms with van der Waals surface area (Å²) in [5.41, 5.74) is 5.00. The zero-order valence-electron chi connectivity index (χ0n) is 25.5. The molecule has 9 heteroatoms. The number of unbranched alkanes of at least 4 members (excludes halogenated alkanes) is 3. The van der Waals surface area contributed by atoms with Crippen LogP contribution in [0.4, 0.5) is 0 Å². The molecule has 8 nitrogen and oxygen atoms in total. The molecule has 0 N–H and O–H groups in total. The Bertz CT molecular complexity index is 2030. The van der Waals surface area contributed by atoms with Gasteiger partial charge >= 0.3 is 0 Å². The highest BCUT2D eigenvalue weighted by molar-refractivity contribution is 7.15. The van der Waals surface area contributed by atoms with Crippen molar-refractivity contribution in [3.63, 3.8) is 0 Å². The summed E-state index contributed by atoms with van der Waals surface area (Å²) >= 11 is 1.31. The molecular formula is C36H35N5O3S. The van der Waals surface area contributed by atoms with Gasteiger partial charge in [0.05, 0.1) is 16.8 Å². The molecule has 0 spiro atoms. The molecule has 0 amide bonds. The van der Waals surface area contributed by atoms with E-state index in [-0.39, 0.29) is 5.56 Å². The van der Waals surface area contributed by atoms with E-state index in [4.69, 9.17) is 14.6 Å². The fourth-order valence-electron chi connectivity index (χ4n) is 5.05. The van der Waals surface area contributed by atoms with Crippen LogP contribution in [0.15, 0.2) is 96.4 Å². The van der Waals surface area contributed by atoms with Gasteiger partial charge in [0.2, 0.25) is 4.96 Å². The lowest BCUT2D eigenvalue weighted by Crippen LogP contribution is -2.23. The Kier molecular flexibility index (Phi) is 9.17. The fourth-order valence-corrected chi connectivity index (χ4v) is 5.95. The summed E-state index contributed by atoms with van der Waals surface area (Å²) in [7, 11) is 0. The van der Waals surface area contributed by atoms with Crippen LogP contribution < -0.4 is 19.6 Å². The molecule has 0 radical (unpaired) electrons. The number of fused-ring (bicyclic) bond motifs is 1. The summed E-state index contributed by atoms with van der Waals surface area (Å²) < 4.78 is 15.4. The third-order valence-corrected chi connectivity index (χ3v) is 8.38. The Morgan fingerprint density at radius 2 is 1.73 bits per heavy atom. The van der Waals surface area contributed by atoms with Crippen molar-refractivity contribution < 1.29 is 9.47 Å². The van der Waals surface area contributed by atoms with Crippen molar-refractivity contribution in [1.29, 1.82) is 0 Å². The smallest absolute Gasteiger partial charge is 0.291 e. The van der Waals surface area contributed by atoms with E-state index < -0.39 is 0 Å². The molecule has 6 rings (SSSR count). The highest BCUT2D eigenvalue weighted by Crippen LogP contribution is 2.29. The minimum absolute atomic E-state index is 0.219. The van der Waals surface area contributed by atoms with Gasteiger partial charge in [-0.3, -0.25) is 4.79 Å². The van der Waals surface area contributed by atoms with Gasteiger partial charge in [0, 0.05) is 22.9 Å². The molecule has 228 valence electrons. The maximum absolute atomic E-state index is 13.5. The standard InChI is InChI=1S/C36H35N5O3S/c1-4-6-7-11-21-43-30-17-14-26(15-18-30)34-37-36-41(39-34)35(42)32(45-36)23-28-24-40(29-12-9-8-10-13-29)38-33(28)27-16-19-31(25(3)22-27)44-20-5-2/h5,8-10,12-19,22-24H,2,4,6-7,11,20-21H2,1,3H3. The highest BCUT2D eigenvalue weighted by Gasteiger charge is 2.16. The third-order valence-electron chi connectivity index (χ3n) is 7.42. The number of nitrogens with zero attached hydrogens (tertiary/aromatic N) is 5. The zero-order chi connectivity index (χ0) is 31.2. The van der Waals surface area contributed by atoms with Gasteiger partial charge in [0.15, 0.2) is 5.82 Å². The van der Waals surface area contributed by atoms with Gasteiger partial charge < -0.3 is 9.47 Å². The second-order valence-electron chi connectivity index (χ2n) is 10.8. The average Bonchev–Trinajstić information content (AvgIpc) is 3.76. The molecule has 0 saturated heterocycles. The normalized spacial score (nSPS) is 11.7. The van der Waals surface area contributed by atoms with E-state index in [2.05, 4.69) is 23.6 Å². The summed E-state index contributed by atoms with van der Waals surface area (Å²) in [6.07, 6.45) is 10.2. The van der Waals surface area contributed by atoms with Crippen molar-refractivity contribution in [3.8, 4) is 39.8 Å². The molecule has 0 unspecified atom stereocenters. The van der Waals surface area contributed by atoms with E-state index >= 15 is 0 Å². The third kappa shape index (κ3) is 6.73. The second kappa shape index (κ2) is 13.7. The first-order valence-electron chi connectivity index (χ1n) is 15.2. The Morgan fingerprint density at radius 3 is 2.47 bits per heavy atom. The fraction of sp³-hybridized carbons (Fsp3) is 0.222. The van der Waals surface area contributed by atoms with Gasteiger partial charge in [0.25, 0.3) is 5.56 Å². The minimum atomic E-state index is -0.219. The average molecular weight is 618 g/mol. The number of aryl methyl sites for hydroxylation is 1. The SMILES string of the molecule is C=CCOc1ccc(-c2nn(-c3ccccc3)cc2C=c2sc3nc(-c4ccc(OCCCCCC)cc4)nn3c2=O)cc1C. The van der Waals surface area contributed by atoms with Crippen LogP contribution >= 0.6 is 11.3 Å². The van der Waals surface area contributed by atoms with Crippen molar-refractivity contribution >= 4 is 22.4 Å². The van der Waals surface area contributed by atoms with Gasteiger partial charge in [-0.1, -0.05) is 68.4 Å². The lowest BCUT2D eigenvalue weighted by Gasteiger charge is -2.08. The Hall–Kier alpha value is -5.02. The minimum Gasteiger partial charge on any atom is -0.494 e. The van der Waals surface area contributed by atoms with Crippen molar-refractivity contribution in [2.75, 3.05) is 13.2 Å². The molecule has 0 aliphatic carbocycles. The molecule has 0 aliphatic heterocycles. The second-order valence-corrected chi connectivity index (χ2v) is 11.8. The van der Waals surface area contributed by atoms with Gasteiger partial charge in [-0.15, -0.1) is 5.10 Å². The molecule has 3 heterocycles. The summed E-state index contributed by atoms with van der Waals surface area (Å²) in [6, 6.07) is 23.6. The van der Waals surface area contributed by atoms with Crippen LogP contribution in [-0.2, 0) is 0 Å². The molecule has 6 aromatic rings. The van der Waals surface area contributed by atoms with E-state index in [1.165, 1.54) is 35.1 Å². The first-order chi connectivity index (χ1) is 22.0. The van der Waals surface area contributed by atoms with E-state index in [1.54, 1.807) is 6.08 Å². The quantitative estimate of drug-likeness (QED) is 0.102. The van der Waals surface area contributed by atoms with E-state index in [0.29, 0.717) is 28.5 Å². The van der Waals surface area contributed by atoms with E-state index in [9.17, 15) is 4.79 Å². The van der Waals surface area contributed by atoms with Crippen molar-refractivity contribution in [3.05, 3.63) is 118 Å². The highest BCUT2D eigenvalue weighted by atomic mass is 32.1. The van der Waals surface area contributed by atoms with Crippen LogP contribution in [0.1, 0.15) is 43.7 Å². The van der Waals surface area contributed by atoms with Crippen LogP contribution in [-0.4, -0.2) is 37.6 Å².